The first-order chi connectivity index (χ1) is 72.5. The van der Waals surface area contributed by atoms with Crippen LogP contribution >= 0.6 is 68.0 Å². The van der Waals surface area contributed by atoms with E-state index in [1.165, 1.54) is 470 Å². The highest BCUT2D eigenvalue weighted by atomic mass is 32.1. The number of hydrogen-bond acceptors (Lipinski definition) is 8. The molecule has 3 aliphatic carbocycles. The molecule has 0 radical (unpaired) electrons. The lowest BCUT2D eigenvalue weighted by Gasteiger charge is -2.33. The second-order valence-corrected chi connectivity index (χ2v) is 50.7. The van der Waals surface area contributed by atoms with Crippen molar-refractivity contribution in [2.45, 2.75) is 418 Å². The number of rotatable bonds is 68. The summed E-state index contributed by atoms with van der Waals surface area (Å²) < 4.78 is 12.5. The number of fused-ring (bicyclic) bond motifs is 9. The molecule has 6 aromatic heterocycles. The first-order valence-electron chi connectivity index (χ1n) is 59.5. The Balaban J connectivity index is 0.642. The molecule has 14 aromatic rings. The van der Waals surface area contributed by atoms with Crippen LogP contribution in [0.2, 0.25) is 0 Å². The third-order valence-electron chi connectivity index (χ3n) is 33.5. The standard InChI is InChI=1S/C139H174O2S6/c1-9-17-25-33-41-49-89-137(90-50-42-34-26-18-10-2)119-97-105(127-79-77-125(142-127)103-57-67-111(68-58-103)140-95-55-47-39-31-23-15-7)61-71-113(119)115-73-63-107(99-121(115)137)129-81-85-133(144-129)135-87-83-131(146-135)109-65-75-117-118-76-66-110(102-124(118)139(123(117)101-109,93-53-45-37-29-21-13-5)94-54-46-38-30-22-14-6)132-84-88-136(147-132)134-86-82-130(145-134)108-64-74-116-114-72-62-106(128-80-78-126(143-128)104-59-69-112(70-60-104)141-96-56-48-40-32-24-16-8)98-120(114)138(122(116)100-108,91-51-43-35-27-19-11-3)92-52-44-36-28-20-12-4/h57-88,97-102H,9-56,89-96H2,1-8H3. The summed E-state index contributed by atoms with van der Waals surface area (Å²) in [4.78, 5) is 16.3. The Bertz CT molecular complexity index is 5940. The van der Waals surface area contributed by atoms with E-state index >= 15 is 0 Å². The molecule has 8 heteroatoms. The lowest BCUT2D eigenvalue weighted by atomic mass is 9.70. The zero-order valence-corrected chi connectivity index (χ0v) is 96.2. The van der Waals surface area contributed by atoms with Gasteiger partial charge in [-0.25, -0.2) is 0 Å². The molecule has 147 heavy (non-hydrogen) atoms. The maximum atomic E-state index is 6.26. The zero-order chi connectivity index (χ0) is 101. The molecule has 0 aliphatic heterocycles. The van der Waals surface area contributed by atoms with Gasteiger partial charge >= 0.3 is 0 Å². The van der Waals surface area contributed by atoms with Crippen LogP contribution in [0, 0.1) is 0 Å². The van der Waals surface area contributed by atoms with E-state index < -0.39 is 0 Å². The smallest absolute Gasteiger partial charge is 0.119 e. The number of thiophene rings is 6. The second kappa shape index (κ2) is 56.2. The summed E-state index contributed by atoms with van der Waals surface area (Å²) in [6.07, 6.45) is 69.4. The van der Waals surface area contributed by atoms with Gasteiger partial charge in [0.1, 0.15) is 11.5 Å². The van der Waals surface area contributed by atoms with Crippen molar-refractivity contribution in [1.29, 1.82) is 0 Å². The summed E-state index contributed by atoms with van der Waals surface area (Å²) in [6.45, 7) is 20.3. The Morgan fingerprint density at radius 2 is 0.299 bits per heavy atom. The van der Waals surface area contributed by atoms with E-state index in [1.807, 2.05) is 68.0 Å². The van der Waals surface area contributed by atoms with Gasteiger partial charge < -0.3 is 9.47 Å². The van der Waals surface area contributed by atoms with E-state index in [0.29, 0.717) is 0 Å². The first-order valence-corrected chi connectivity index (χ1v) is 64.4. The summed E-state index contributed by atoms with van der Waals surface area (Å²) in [7, 11) is 0. The Hall–Kier alpha value is -8.44. The minimum atomic E-state index is -0.0754. The van der Waals surface area contributed by atoms with Crippen LogP contribution in [0.4, 0.5) is 0 Å². The fraction of sp³-hybridized carbons (Fsp3) is 0.482. The van der Waals surface area contributed by atoms with Crippen LogP contribution < -0.4 is 9.47 Å². The lowest BCUT2D eigenvalue weighted by molar-refractivity contribution is 0.304. The van der Waals surface area contributed by atoms with Crippen molar-refractivity contribution in [3.8, 4) is 148 Å². The fourth-order valence-corrected chi connectivity index (χ4v) is 31.2. The van der Waals surface area contributed by atoms with Crippen molar-refractivity contribution in [3.05, 3.63) is 264 Å². The van der Waals surface area contributed by atoms with Gasteiger partial charge in [0, 0.05) is 74.8 Å². The van der Waals surface area contributed by atoms with Crippen molar-refractivity contribution in [3.63, 3.8) is 0 Å². The van der Waals surface area contributed by atoms with Crippen LogP contribution in [0.5, 0.6) is 11.5 Å². The minimum absolute atomic E-state index is 0.0513. The molecule has 8 aromatic carbocycles. The van der Waals surface area contributed by atoms with Crippen molar-refractivity contribution in [1.82, 2.24) is 0 Å². The van der Waals surface area contributed by atoms with Crippen LogP contribution in [0.1, 0.15) is 435 Å². The Morgan fingerprint density at radius 3 is 0.490 bits per heavy atom. The van der Waals surface area contributed by atoms with Gasteiger partial charge in [-0.05, 0) is 320 Å². The van der Waals surface area contributed by atoms with Gasteiger partial charge in [-0.15, -0.1) is 68.0 Å². The van der Waals surface area contributed by atoms with Gasteiger partial charge in [0.05, 0.1) is 13.2 Å². The first kappa shape index (κ1) is 110. The van der Waals surface area contributed by atoms with Crippen LogP contribution in [0.15, 0.2) is 231 Å². The summed E-state index contributed by atoms with van der Waals surface area (Å²) in [5, 5.41) is 0. The second-order valence-electron chi connectivity index (χ2n) is 44.2. The molecule has 0 unspecified atom stereocenters. The van der Waals surface area contributed by atoms with Gasteiger partial charge in [0.2, 0.25) is 0 Å². The van der Waals surface area contributed by atoms with E-state index in [9.17, 15) is 0 Å². The zero-order valence-electron chi connectivity index (χ0n) is 91.3. The predicted octanol–water partition coefficient (Wildman–Crippen LogP) is 47.5. The fourth-order valence-electron chi connectivity index (χ4n) is 25.0. The van der Waals surface area contributed by atoms with E-state index in [4.69, 9.17) is 9.47 Å². The van der Waals surface area contributed by atoms with E-state index in [0.717, 1.165) is 37.6 Å². The molecule has 778 valence electrons. The van der Waals surface area contributed by atoms with Crippen LogP contribution in [-0.4, -0.2) is 13.2 Å². The van der Waals surface area contributed by atoms with Gasteiger partial charge in [-0.1, -0.05) is 424 Å². The van der Waals surface area contributed by atoms with Crippen molar-refractivity contribution < 1.29 is 9.47 Å². The molecule has 0 bridgehead atoms. The molecular formula is C139H174O2S6. The van der Waals surface area contributed by atoms with Gasteiger partial charge in [0.15, 0.2) is 0 Å². The average Bonchev–Trinajstić information content (AvgIpc) is 1.57. The molecule has 6 heterocycles. The predicted molar refractivity (Wildman–Crippen MR) is 652 cm³/mol. The van der Waals surface area contributed by atoms with Crippen molar-refractivity contribution in [2.75, 3.05) is 13.2 Å². The molecule has 0 N–H and O–H groups in total. The molecule has 17 rings (SSSR count). The van der Waals surface area contributed by atoms with Crippen LogP contribution in [0.25, 0.3) is 136 Å². The van der Waals surface area contributed by atoms with E-state index in [-0.39, 0.29) is 16.2 Å². The van der Waals surface area contributed by atoms with E-state index in [1.54, 1.807) is 33.4 Å². The largest absolute Gasteiger partial charge is 0.494 e. The summed E-state index contributed by atoms with van der Waals surface area (Å²) in [6, 6.07) is 93.2. The molecule has 2 nitrogen and oxygen atoms in total. The number of benzene rings is 8. The number of ether oxygens (including phenoxy) is 2. The molecule has 0 fully saturated rings. The molecule has 0 atom stereocenters. The van der Waals surface area contributed by atoms with Gasteiger partial charge in [-0.3, -0.25) is 0 Å². The molecule has 0 saturated heterocycles. The highest BCUT2D eigenvalue weighted by Gasteiger charge is 2.47. The normalized spacial score (nSPS) is 13.4. The van der Waals surface area contributed by atoms with Crippen molar-refractivity contribution >= 4 is 68.0 Å². The summed E-state index contributed by atoms with van der Waals surface area (Å²) >= 11 is 11.9. The maximum Gasteiger partial charge on any atom is 0.119 e. The van der Waals surface area contributed by atoms with Gasteiger partial charge in [0.25, 0.3) is 0 Å². The number of hydrogen-bond donors (Lipinski definition) is 0. The average molecular weight is 2070 g/mol. The highest BCUT2D eigenvalue weighted by Crippen LogP contribution is 2.62. The van der Waals surface area contributed by atoms with Crippen molar-refractivity contribution in [2.24, 2.45) is 0 Å². The summed E-state index contributed by atoms with van der Waals surface area (Å²) in [5.41, 5.74) is 28.8. The molecular weight excluding hydrogens is 1890 g/mol. The molecule has 0 amide bonds. The number of unbranched alkanes of at least 4 members (excludes halogenated alkanes) is 40. The topological polar surface area (TPSA) is 18.5 Å². The Morgan fingerprint density at radius 1 is 0.150 bits per heavy atom. The molecule has 0 spiro atoms. The highest BCUT2D eigenvalue weighted by molar-refractivity contribution is 7.26. The van der Waals surface area contributed by atoms with Crippen LogP contribution in [0.3, 0.4) is 0 Å². The Kier molecular flexibility index (Phi) is 42.0. The minimum Gasteiger partial charge on any atom is -0.494 e. The lowest BCUT2D eigenvalue weighted by Crippen LogP contribution is -2.25. The monoisotopic (exact) mass is 2070 g/mol. The maximum absolute atomic E-state index is 6.26. The van der Waals surface area contributed by atoms with E-state index in [2.05, 4.69) is 286 Å². The Labute approximate surface area is 913 Å². The quantitative estimate of drug-likeness (QED) is 0.0354. The van der Waals surface area contributed by atoms with Gasteiger partial charge in [-0.2, -0.15) is 0 Å². The molecule has 3 aliphatic rings. The third-order valence-corrected chi connectivity index (χ3v) is 40.8. The SMILES string of the molecule is CCCCCCCCOc1ccc(-c2ccc(-c3ccc4c(c3)C(CCCCCCCC)(CCCCCCCC)c3cc(-c5ccc(-c6ccc(-c7ccc8c(c7)C(CCCCCCCC)(CCCCCCCC)c7cc(-c9ccc(-c%10ccc(-c%11ccc%12c(c%11)C(CCCCCCCC)(CCCCCCCC)c%11cc(-c%13ccc(-c%14ccc(OCCCCCCCC)cc%14)s%13)ccc%11-%12)s%10)s9)ccc7-8)s6)s5)ccc3-4)s2)cc1. The molecule has 0 saturated carbocycles. The summed E-state index contributed by atoms with van der Waals surface area (Å²) in [5.74, 6) is 1.96. The van der Waals surface area contributed by atoms with Crippen LogP contribution in [-0.2, 0) is 16.2 Å². The third kappa shape index (κ3) is 27.4.